The second-order valence-electron chi connectivity index (χ2n) is 6.51. The van der Waals surface area contributed by atoms with E-state index in [2.05, 4.69) is 31.7 Å². The molecule has 1 aliphatic carbocycles. The summed E-state index contributed by atoms with van der Waals surface area (Å²) in [4.78, 5) is 2.61. The Hall–Kier alpha value is -1.06. The maximum atomic E-state index is 6.13. The SMILES string of the molecule is COc1cc(C)c2c(c1C(C)C)C(CN)N(C1CC1)C2. The highest BCUT2D eigenvalue weighted by molar-refractivity contribution is 5.54. The summed E-state index contributed by atoms with van der Waals surface area (Å²) in [5, 5.41) is 0. The first kappa shape index (κ1) is 13.9. The molecule has 20 heavy (non-hydrogen) atoms. The highest BCUT2D eigenvalue weighted by Gasteiger charge is 2.41. The molecule has 2 N–H and O–H groups in total. The van der Waals surface area contributed by atoms with Crippen LogP contribution in [0.5, 0.6) is 5.75 Å². The van der Waals surface area contributed by atoms with Crippen LogP contribution in [0.1, 0.15) is 60.9 Å². The summed E-state index contributed by atoms with van der Waals surface area (Å²) in [7, 11) is 1.78. The molecule has 1 aromatic carbocycles. The number of fused-ring (bicyclic) bond motifs is 1. The lowest BCUT2D eigenvalue weighted by Gasteiger charge is -2.26. The van der Waals surface area contributed by atoms with Crippen LogP contribution in [0, 0.1) is 6.92 Å². The first-order valence-corrected chi connectivity index (χ1v) is 7.74. The number of ether oxygens (including phenoxy) is 1. The Bertz CT molecular complexity index is 520. The molecule has 1 unspecified atom stereocenters. The van der Waals surface area contributed by atoms with E-state index >= 15 is 0 Å². The third-order valence-corrected chi connectivity index (χ3v) is 4.82. The summed E-state index contributed by atoms with van der Waals surface area (Å²) < 4.78 is 5.66. The normalized spacial score (nSPS) is 22.4. The van der Waals surface area contributed by atoms with E-state index in [0.29, 0.717) is 18.5 Å². The minimum absolute atomic E-state index is 0.378. The van der Waals surface area contributed by atoms with E-state index in [1.807, 2.05) is 0 Å². The van der Waals surface area contributed by atoms with E-state index < -0.39 is 0 Å². The van der Waals surface area contributed by atoms with Gasteiger partial charge in [0.1, 0.15) is 5.75 Å². The second kappa shape index (κ2) is 5.05. The molecule has 3 rings (SSSR count). The van der Waals surface area contributed by atoms with E-state index in [9.17, 15) is 0 Å². The van der Waals surface area contributed by atoms with Crippen molar-refractivity contribution in [3.05, 3.63) is 28.3 Å². The van der Waals surface area contributed by atoms with Crippen LogP contribution in [0.3, 0.4) is 0 Å². The minimum atomic E-state index is 0.378. The summed E-state index contributed by atoms with van der Waals surface area (Å²) in [6.45, 7) is 8.48. The fourth-order valence-corrected chi connectivity index (χ4v) is 3.73. The fourth-order valence-electron chi connectivity index (χ4n) is 3.73. The molecule has 1 aromatic rings. The summed E-state index contributed by atoms with van der Waals surface area (Å²) in [5.41, 5.74) is 11.8. The molecule has 0 aromatic heterocycles. The lowest BCUT2D eigenvalue weighted by Crippen LogP contribution is -2.30. The van der Waals surface area contributed by atoms with Crippen LogP contribution in [0.4, 0.5) is 0 Å². The third kappa shape index (κ3) is 2.04. The van der Waals surface area contributed by atoms with Gasteiger partial charge in [-0.15, -0.1) is 0 Å². The highest BCUT2D eigenvalue weighted by atomic mass is 16.5. The molecule has 0 radical (unpaired) electrons. The molecule has 1 fully saturated rings. The van der Waals surface area contributed by atoms with Gasteiger partial charge in [0.15, 0.2) is 0 Å². The van der Waals surface area contributed by atoms with Gasteiger partial charge in [0.2, 0.25) is 0 Å². The molecule has 1 saturated carbocycles. The molecule has 1 heterocycles. The number of nitrogens with two attached hydrogens (primary N) is 1. The second-order valence-corrected chi connectivity index (χ2v) is 6.51. The highest BCUT2D eigenvalue weighted by Crippen LogP contribution is 2.47. The topological polar surface area (TPSA) is 38.5 Å². The van der Waals surface area contributed by atoms with Gasteiger partial charge in [-0.25, -0.2) is 0 Å². The maximum absolute atomic E-state index is 6.13. The van der Waals surface area contributed by atoms with Crippen molar-refractivity contribution in [2.75, 3.05) is 13.7 Å². The largest absolute Gasteiger partial charge is 0.496 e. The average molecular weight is 274 g/mol. The van der Waals surface area contributed by atoms with Crippen molar-refractivity contribution in [2.45, 2.75) is 58.2 Å². The van der Waals surface area contributed by atoms with E-state index in [-0.39, 0.29) is 0 Å². The van der Waals surface area contributed by atoms with E-state index in [4.69, 9.17) is 10.5 Å². The molecule has 1 atom stereocenters. The number of nitrogens with zero attached hydrogens (tertiary/aromatic N) is 1. The quantitative estimate of drug-likeness (QED) is 0.917. The van der Waals surface area contributed by atoms with Gasteiger partial charge in [-0.05, 0) is 48.4 Å². The van der Waals surface area contributed by atoms with Gasteiger partial charge in [-0.3, -0.25) is 4.90 Å². The Morgan fingerprint density at radius 3 is 2.60 bits per heavy atom. The molecule has 0 spiro atoms. The summed E-state index contributed by atoms with van der Waals surface area (Å²) in [5.74, 6) is 1.50. The van der Waals surface area contributed by atoms with Crippen molar-refractivity contribution < 1.29 is 4.74 Å². The Balaban J connectivity index is 2.16. The molecule has 0 bridgehead atoms. The van der Waals surface area contributed by atoms with Crippen LogP contribution in [-0.2, 0) is 6.54 Å². The van der Waals surface area contributed by atoms with Crippen LogP contribution in [0.2, 0.25) is 0 Å². The first-order valence-electron chi connectivity index (χ1n) is 7.74. The molecule has 0 amide bonds. The molecule has 2 aliphatic rings. The van der Waals surface area contributed by atoms with Gasteiger partial charge >= 0.3 is 0 Å². The standard InChI is InChI=1S/C17H26N2O/c1-10(2)16-15(20-4)7-11(3)13-9-19(12-5-6-12)14(8-18)17(13)16/h7,10,12,14H,5-6,8-9,18H2,1-4H3. The summed E-state index contributed by atoms with van der Waals surface area (Å²) >= 11 is 0. The first-order chi connectivity index (χ1) is 9.58. The predicted molar refractivity (Wildman–Crippen MR) is 82.2 cm³/mol. The minimum Gasteiger partial charge on any atom is -0.496 e. The third-order valence-electron chi connectivity index (χ3n) is 4.82. The van der Waals surface area contributed by atoms with Crippen molar-refractivity contribution in [2.24, 2.45) is 5.73 Å². The van der Waals surface area contributed by atoms with E-state index in [1.165, 1.54) is 35.1 Å². The van der Waals surface area contributed by atoms with Crippen molar-refractivity contribution in [3.63, 3.8) is 0 Å². The number of aryl methyl sites for hydroxylation is 1. The number of benzene rings is 1. The van der Waals surface area contributed by atoms with Crippen LogP contribution in [-0.4, -0.2) is 24.6 Å². The van der Waals surface area contributed by atoms with Gasteiger partial charge in [0, 0.05) is 30.7 Å². The Kier molecular flexibility index (Phi) is 3.51. The molecule has 3 nitrogen and oxygen atoms in total. The average Bonchev–Trinajstić information content (AvgIpc) is 3.18. The van der Waals surface area contributed by atoms with Gasteiger partial charge in [-0.1, -0.05) is 13.8 Å². The summed E-state index contributed by atoms with van der Waals surface area (Å²) in [6.07, 6.45) is 2.66. The summed E-state index contributed by atoms with van der Waals surface area (Å²) in [6, 6.07) is 3.34. The van der Waals surface area contributed by atoms with Crippen molar-refractivity contribution in [1.29, 1.82) is 0 Å². The number of rotatable bonds is 4. The lowest BCUT2D eigenvalue weighted by atomic mass is 9.88. The molecule has 0 saturated heterocycles. The number of hydrogen-bond acceptors (Lipinski definition) is 3. The van der Waals surface area contributed by atoms with Crippen LogP contribution >= 0.6 is 0 Å². The van der Waals surface area contributed by atoms with Crippen LogP contribution in [0.15, 0.2) is 6.07 Å². The van der Waals surface area contributed by atoms with E-state index in [1.54, 1.807) is 7.11 Å². The number of methoxy groups -OCH3 is 1. The van der Waals surface area contributed by atoms with Crippen molar-refractivity contribution >= 4 is 0 Å². The molecular weight excluding hydrogens is 248 g/mol. The van der Waals surface area contributed by atoms with Crippen LogP contribution in [0.25, 0.3) is 0 Å². The number of hydrogen-bond donors (Lipinski definition) is 1. The monoisotopic (exact) mass is 274 g/mol. The molecule has 110 valence electrons. The smallest absolute Gasteiger partial charge is 0.122 e. The zero-order valence-electron chi connectivity index (χ0n) is 13.1. The Morgan fingerprint density at radius 1 is 1.40 bits per heavy atom. The Morgan fingerprint density at radius 2 is 2.10 bits per heavy atom. The van der Waals surface area contributed by atoms with E-state index in [0.717, 1.165) is 18.3 Å². The molecule has 1 aliphatic heterocycles. The lowest BCUT2D eigenvalue weighted by molar-refractivity contribution is 0.208. The van der Waals surface area contributed by atoms with Crippen molar-refractivity contribution in [1.82, 2.24) is 4.90 Å². The van der Waals surface area contributed by atoms with Crippen molar-refractivity contribution in [3.8, 4) is 5.75 Å². The Labute approximate surface area is 122 Å². The predicted octanol–water partition coefficient (Wildman–Crippen LogP) is 3.10. The zero-order valence-corrected chi connectivity index (χ0v) is 13.1. The van der Waals surface area contributed by atoms with Gasteiger partial charge in [0.05, 0.1) is 7.11 Å². The van der Waals surface area contributed by atoms with Gasteiger partial charge < -0.3 is 10.5 Å². The van der Waals surface area contributed by atoms with Gasteiger partial charge in [0.25, 0.3) is 0 Å². The molecule has 3 heteroatoms. The molecular formula is C17H26N2O. The van der Waals surface area contributed by atoms with Gasteiger partial charge in [-0.2, -0.15) is 0 Å². The van der Waals surface area contributed by atoms with Crippen LogP contribution < -0.4 is 10.5 Å². The zero-order chi connectivity index (χ0) is 14.4. The fraction of sp³-hybridized carbons (Fsp3) is 0.647. The maximum Gasteiger partial charge on any atom is 0.122 e.